The van der Waals surface area contributed by atoms with E-state index < -0.39 is 0 Å². The van der Waals surface area contributed by atoms with Gasteiger partial charge in [-0.25, -0.2) is 4.98 Å². The highest BCUT2D eigenvalue weighted by Gasteiger charge is 2.22. The van der Waals surface area contributed by atoms with Crippen molar-refractivity contribution in [2.24, 2.45) is 0 Å². The number of nitrogens with zero attached hydrogens (tertiary/aromatic N) is 2. The summed E-state index contributed by atoms with van der Waals surface area (Å²) in [5.74, 6) is 0.623. The Hall–Kier alpha value is -1.86. The van der Waals surface area contributed by atoms with E-state index >= 15 is 0 Å². The lowest BCUT2D eigenvalue weighted by atomic mass is 10.0. The van der Waals surface area contributed by atoms with Gasteiger partial charge in [0.05, 0.1) is 11.8 Å². The molecule has 3 rings (SSSR count). The molecule has 0 saturated carbocycles. The topological polar surface area (TPSA) is 84.4 Å². The quantitative estimate of drug-likeness (QED) is 0.900. The largest absolute Gasteiger partial charge is 0.469 e. The number of rotatable bonds is 4. The lowest BCUT2D eigenvalue weighted by molar-refractivity contribution is 0.0907. The van der Waals surface area contributed by atoms with Crippen LogP contribution in [-0.4, -0.2) is 34.9 Å². The summed E-state index contributed by atoms with van der Waals surface area (Å²) >= 11 is 1.54. The number of thiazole rings is 1. The zero-order valence-corrected chi connectivity index (χ0v) is 13.4. The molecular formula is C15H20N4O2S. The lowest BCUT2D eigenvalue weighted by Gasteiger charge is -2.31. The molecule has 0 spiro atoms. The number of nitrogens with one attached hydrogen (secondary N) is 1. The predicted molar refractivity (Wildman–Crippen MR) is 85.7 cm³/mol. The second-order valence-corrected chi connectivity index (χ2v) is 6.73. The molecule has 118 valence electrons. The van der Waals surface area contributed by atoms with Crippen LogP contribution in [0.5, 0.6) is 0 Å². The number of anilines is 1. The highest BCUT2D eigenvalue weighted by Crippen LogP contribution is 2.20. The first-order chi connectivity index (χ1) is 10.6. The number of aromatic nitrogens is 1. The fourth-order valence-corrected chi connectivity index (χ4v) is 3.46. The Bertz CT molecular complexity index is 644. The number of carbonyl (C=O) groups is 1. The Morgan fingerprint density at radius 1 is 1.55 bits per heavy atom. The van der Waals surface area contributed by atoms with Gasteiger partial charge in [-0.1, -0.05) is 0 Å². The number of nitrogen functional groups attached to an aromatic ring is 1. The highest BCUT2D eigenvalue weighted by atomic mass is 32.1. The van der Waals surface area contributed by atoms with Crippen molar-refractivity contribution < 1.29 is 9.21 Å². The van der Waals surface area contributed by atoms with Crippen molar-refractivity contribution in [2.45, 2.75) is 32.4 Å². The van der Waals surface area contributed by atoms with Crippen LogP contribution in [0.1, 0.15) is 33.8 Å². The zero-order chi connectivity index (χ0) is 15.5. The normalized spacial score (nSPS) is 16.8. The van der Waals surface area contributed by atoms with E-state index in [1.165, 1.54) is 16.2 Å². The van der Waals surface area contributed by atoms with Gasteiger partial charge in [-0.2, -0.15) is 0 Å². The number of aryl methyl sites for hydroxylation is 1. The first-order valence-corrected chi connectivity index (χ1v) is 8.21. The fraction of sp³-hybridized carbons (Fsp3) is 0.467. The molecule has 22 heavy (non-hydrogen) atoms. The van der Waals surface area contributed by atoms with Crippen molar-refractivity contribution in [2.75, 3.05) is 18.8 Å². The lowest BCUT2D eigenvalue weighted by Crippen LogP contribution is -2.44. The van der Waals surface area contributed by atoms with Gasteiger partial charge < -0.3 is 15.5 Å². The van der Waals surface area contributed by atoms with Gasteiger partial charge in [-0.15, -0.1) is 11.3 Å². The molecule has 0 unspecified atom stereocenters. The van der Waals surface area contributed by atoms with Crippen molar-refractivity contribution in [3.63, 3.8) is 0 Å². The summed E-state index contributed by atoms with van der Waals surface area (Å²) in [4.78, 5) is 19.8. The molecule has 0 radical (unpaired) electrons. The van der Waals surface area contributed by atoms with Crippen LogP contribution in [0, 0.1) is 6.92 Å². The second-order valence-electron chi connectivity index (χ2n) is 5.58. The zero-order valence-electron chi connectivity index (χ0n) is 12.5. The fourth-order valence-electron chi connectivity index (χ4n) is 2.74. The molecule has 2 aromatic heterocycles. The molecule has 1 aliphatic rings. The Balaban J connectivity index is 1.47. The second kappa shape index (κ2) is 6.50. The van der Waals surface area contributed by atoms with Crippen molar-refractivity contribution in [1.82, 2.24) is 15.2 Å². The summed E-state index contributed by atoms with van der Waals surface area (Å²) in [6, 6.07) is 1.94. The SMILES string of the molecule is Cc1occc1C(=O)NC1CCN(Cc2cnc(N)s2)CC1. The number of piperidine rings is 1. The maximum absolute atomic E-state index is 12.2. The van der Waals surface area contributed by atoms with Crippen LogP contribution in [0.2, 0.25) is 0 Å². The van der Waals surface area contributed by atoms with Crippen molar-refractivity contribution in [3.05, 3.63) is 34.7 Å². The van der Waals surface area contributed by atoms with Gasteiger partial charge in [-0.05, 0) is 25.8 Å². The van der Waals surface area contributed by atoms with Crippen LogP contribution in [-0.2, 0) is 6.54 Å². The third kappa shape index (κ3) is 3.48. The van der Waals surface area contributed by atoms with Crippen LogP contribution in [0.3, 0.4) is 0 Å². The van der Waals surface area contributed by atoms with E-state index in [1.54, 1.807) is 19.3 Å². The van der Waals surface area contributed by atoms with Crippen LogP contribution in [0.4, 0.5) is 5.13 Å². The maximum Gasteiger partial charge on any atom is 0.255 e. The molecule has 0 atom stereocenters. The van der Waals surface area contributed by atoms with E-state index in [4.69, 9.17) is 10.2 Å². The van der Waals surface area contributed by atoms with E-state index in [9.17, 15) is 4.79 Å². The molecule has 0 aliphatic carbocycles. The Morgan fingerprint density at radius 2 is 2.32 bits per heavy atom. The number of amides is 1. The van der Waals surface area contributed by atoms with Gasteiger partial charge >= 0.3 is 0 Å². The van der Waals surface area contributed by atoms with Crippen LogP contribution < -0.4 is 11.1 Å². The number of hydrogen-bond donors (Lipinski definition) is 2. The summed E-state index contributed by atoms with van der Waals surface area (Å²) in [5, 5.41) is 3.71. The summed E-state index contributed by atoms with van der Waals surface area (Å²) in [6.45, 7) is 4.62. The summed E-state index contributed by atoms with van der Waals surface area (Å²) in [5.41, 5.74) is 6.28. The standard InChI is InChI=1S/C15H20N4O2S/c1-10-13(4-7-21-10)14(20)18-11-2-5-19(6-3-11)9-12-8-17-15(16)22-12/h4,7-8,11H,2-3,5-6,9H2,1H3,(H2,16,17)(H,18,20). The van der Waals surface area contributed by atoms with Gasteiger partial charge in [0.2, 0.25) is 0 Å². The molecule has 1 aliphatic heterocycles. The molecule has 0 aromatic carbocycles. The van der Waals surface area contributed by atoms with Crippen LogP contribution in [0.15, 0.2) is 22.9 Å². The molecule has 1 amide bonds. The number of furan rings is 1. The monoisotopic (exact) mass is 320 g/mol. The van der Waals surface area contributed by atoms with Gasteiger partial charge in [0.15, 0.2) is 5.13 Å². The summed E-state index contributed by atoms with van der Waals surface area (Å²) < 4.78 is 5.18. The Kier molecular flexibility index (Phi) is 4.44. The molecule has 7 heteroatoms. The summed E-state index contributed by atoms with van der Waals surface area (Å²) in [7, 11) is 0. The van der Waals surface area contributed by atoms with E-state index in [2.05, 4.69) is 15.2 Å². The van der Waals surface area contributed by atoms with Crippen molar-refractivity contribution in [1.29, 1.82) is 0 Å². The average molecular weight is 320 g/mol. The first-order valence-electron chi connectivity index (χ1n) is 7.39. The number of nitrogens with two attached hydrogens (primary N) is 1. The maximum atomic E-state index is 12.2. The third-order valence-corrected chi connectivity index (χ3v) is 4.79. The van der Waals surface area contributed by atoms with E-state index in [0.717, 1.165) is 32.5 Å². The number of likely N-dealkylation sites (tertiary alicyclic amines) is 1. The van der Waals surface area contributed by atoms with Crippen molar-refractivity contribution >= 4 is 22.4 Å². The predicted octanol–water partition coefficient (Wildman–Crippen LogP) is 2.02. The van der Waals surface area contributed by atoms with E-state index in [-0.39, 0.29) is 11.9 Å². The van der Waals surface area contributed by atoms with Gasteiger partial charge in [0.1, 0.15) is 5.76 Å². The smallest absolute Gasteiger partial charge is 0.255 e. The Morgan fingerprint density at radius 3 is 2.91 bits per heavy atom. The minimum Gasteiger partial charge on any atom is -0.469 e. The summed E-state index contributed by atoms with van der Waals surface area (Å²) in [6.07, 6.45) is 5.30. The van der Waals surface area contributed by atoms with Gasteiger partial charge in [0, 0.05) is 36.8 Å². The van der Waals surface area contributed by atoms with E-state index in [0.29, 0.717) is 16.5 Å². The molecule has 0 bridgehead atoms. The molecule has 1 fully saturated rings. The minimum atomic E-state index is -0.0417. The van der Waals surface area contributed by atoms with E-state index in [1.807, 2.05) is 6.20 Å². The van der Waals surface area contributed by atoms with Crippen LogP contribution in [0.25, 0.3) is 0 Å². The molecule has 2 aromatic rings. The third-order valence-electron chi connectivity index (χ3n) is 3.98. The first kappa shape index (κ1) is 15.1. The van der Waals surface area contributed by atoms with Gasteiger partial charge in [-0.3, -0.25) is 9.69 Å². The van der Waals surface area contributed by atoms with Crippen molar-refractivity contribution in [3.8, 4) is 0 Å². The average Bonchev–Trinajstić information content (AvgIpc) is 3.10. The molecule has 6 nitrogen and oxygen atoms in total. The Labute approximate surface area is 133 Å². The van der Waals surface area contributed by atoms with Gasteiger partial charge in [0.25, 0.3) is 5.91 Å². The minimum absolute atomic E-state index is 0.0417. The molecule has 3 heterocycles. The number of carbonyl (C=O) groups excluding carboxylic acids is 1. The molecule has 1 saturated heterocycles. The highest BCUT2D eigenvalue weighted by molar-refractivity contribution is 7.15. The number of hydrogen-bond acceptors (Lipinski definition) is 6. The molecular weight excluding hydrogens is 300 g/mol. The van der Waals surface area contributed by atoms with Crippen LogP contribution >= 0.6 is 11.3 Å². The molecule has 3 N–H and O–H groups in total.